The zero-order valence-corrected chi connectivity index (χ0v) is 13.6. The number of nitriles is 1. The van der Waals surface area contributed by atoms with E-state index in [2.05, 4.69) is 35.2 Å². The van der Waals surface area contributed by atoms with Gasteiger partial charge in [0.1, 0.15) is 5.92 Å². The van der Waals surface area contributed by atoms with Crippen LogP contribution in [0.3, 0.4) is 0 Å². The third kappa shape index (κ3) is 2.36. The van der Waals surface area contributed by atoms with Crippen molar-refractivity contribution in [1.82, 2.24) is 0 Å². The van der Waals surface area contributed by atoms with Gasteiger partial charge >= 0.3 is 0 Å². The van der Waals surface area contributed by atoms with Crippen molar-refractivity contribution in [2.45, 2.75) is 44.9 Å². The lowest BCUT2D eigenvalue weighted by Gasteiger charge is -2.45. The molecule has 23 heavy (non-hydrogen) atoms. The van der Waals surface area contributed by atoms with E-state index in [9.17, 15) is 10.1 Å². The summed E-state index contributed by atoms with van der Waals surface area (Å²) >= 11 is 0. The molecule has 1 heterocycles. The molecule has 2 spiro atoms. The maximum absolute atomic E-state index is 12.8. The molecule has 0 bridgehead atoms. The molecular formula is C20H24N2O. The van der Waals surface area contributed by atoms with E-state index in [1.165, 1.54) is 5.69 Å². The van der Waals surface area contributed by atoms with Crippen LogP contribution in [0.1, 0.15) is 44.9 Å². The van der Waals surface area contributed by atoms with Gasteiger partial charge in [0, 0.05) is 24.2 Å². The Balaban J connectivity index is 1.61. The molecule has 3 nitrogen and oxygen atoms in total. The summed E-state index contributed by atoms with van der Waals surface area (Å²) in [6.45, 7) is 2.05. The quantitative estimate of drug-likeness (QED) is 0.789. The molecule has 3 heteroatoms. The minimum Gasteiger partial charge on any atom is -0.371 e. The van der Waals surface area contributed by atoms with Crippen molar-refractivity contribution >= 4 is 11.5 Å². The van der Waals surface area contributed by atoms with E-state index >= 15 is 0 Å². The van der Waals surface area contributed by atoms with Crippen molar-refractivity contribution in [1.29, 1.82) is 5.26 Å². The number of nitrogens with zero attached hydrogens (tertiary/aromatic N) is 2. The first-order valence-corrected chi connectivity index (χ1v) is 8.90. The summed E-state index contributed by atoms with van der Waals surface area (Å²) < 4.78 is 0. The van der Waals surface area contributed by atoms with Gasteiger partial charge in [-0.15, -0.1) is 0 Å². The fourth-order valence-corrected chi connectivity index (χ4v) is 5.46. The van der Waals surface area contributed by atoms with Gasteiger partial charge in [0.05, 0.1) is 6.07 Å². The van der Waals surface area contributed by atoms with Crippen LogP contribution in [0.4, 0.5) is 5.69 Å². The van der Waals surface area contributed by atoms with Crippen LogP contribution in [0.25, 0.3) is 0 Å². The average Bonchev–Trinajstić information content (AvgIpc) is 3.21. The largest absolute Gasteiger partial charge is 0.371 e. The number of carbonyl (C=O) groups excluding carboxylic acids is 1. The fourth-order valence-electron chi connectivity index (χ4n) is 5.46. The van der Waals surface area contributed by atoms with E-state index in [0.29, 0.717) is 0 Å². The second kappa shape index (κ2) is 5.37. The first kappa shape index (κ1) is 14.8. The first-order valence-electron chi connectivity index (χ1n) is 8.90. The van der Waals surface area contributed by atoms with Gasteiger partial charge in [0.15, 0.2) is 5.78 Å². The highest BCUT2D eigenvalue weighted by molar-refractivity contribution is 5.90. The molecule has 2 unspecified atom stereocenters. The zero-order chi connectivity index (χ0) is 15.9. The van der Waals surface area contributed by atoms with Crippen LogP contribution >= 0.6 is 0 Å². The molecule has 1 aliphatic heterocycles. The summed E-state index contributed by atoms with van der Waals surface area (Å²) in [6, 6.07) is 12.9. The minimum absolute atomic E-state index is 0.161. The Morgan fingerprint density at radius 2 is 1.87 bits per heavy atom. The number of anilines is 1. The molecule has 1 aromatic rings. The fraction of sp³-hybridized carbons (Fsp3) is 0.600. The summed E-state index contributed by atoms with van der Waals surface area (Å²) in [5, 5.41) is 9.55. The van der Waals surface area contributed by atoms with E-state index in [1.807, 2.05) is 6.07 Å². The van der Waals surface area contributed by atoms with E-state index in [4.69, 9.17) is 0 Å². The average molecular weight is 308 g/mol. The van der Waals surface area contributed by atoms with Crippen molar-refractivity contribution in [3.63, 3.8) is 0 Å². The van der Waals surface area contributed by atoms with Crippen molar-refractivity contribution in [2.75, 3.05) is 18.0 Å². The minimum atomic E-state index is -0.377. The predicted molar refractivity (Wildman–Crippen MR) is 90.0 cm³/mol. The summed E-state index contributed by atoms with van der Waals surface area (Å²) in [7, 11) is 0. The van der Waals surface area contributed by atoms with E-state index in [-0.39, 0.29) is 22.5 Å². The van der Waals surface area contributed by atoms with Gasteiger partial charge in [0.25, 0.3) is 0 Å². The van der Waals surface area contributed by atoms with Gasteiger partial charge in [-0.1, -0.05) is 31.0 Å². The van der Waals surface area contributed by atoms with Crippen LogP contribution in [0.5, 0.6) is 0 Å². The molecule has 2 atom stereocenters. The lowest BCUT2D eigenvalue weighted by Crippen LogP contribution is -2.47. The van der Waals surface area contributed by atoms with E-state index < -0.39 is 0 Å². The normalized spacial score (nSPS) is 32.6. The molecule has 2 saturated carbocycles. The lowest BCUT2D eigenvalue weighted by molar-refractivity contribution is -0.138. The zero-order valence-electron chi connectivity index (χ0n) is 13.6. The van der Waals surface area contributed by atoms with Crippen LogP contribution < -0.4 is 4.90 Å². The number of hydrogen-bond acceptors (Lipinski definition) is 3. The van der Waals surface area contributed by atoms with Crippen molar-refractivity contribution in [3.8, 4) is 6.07 Å². The topological polar surface area (TPSA) is 44.1 Å². The number of carbonyl (C=O) groups is 1. The Morgan fingerprint density at radius 3 is 2.57 bits per heavy atom. The number of rotatable bonds is 1. The molecule has 0 aromatic heterocycles. The van der Waals surface area contributed by atoms with E-state index in [0.717, 1.165) is 58.0 Å². The second-order valence-corrected chi connectivity index (χ2v) is 7.92. The number of benzene rings is 1. The second-order valence-electron chi connectivity index (χ2n) is 7.92. The van der Waals surface area contributed by atoms with Crippen LogP contribution in [0, 0.1) is 28.1 Å². The molecule has 3 fully saturated rings. The van der Waals surface area contributed by atoms with Crippen LogP contribution in [0.15, 0.2) is 30.3 Å². The van der Waals surface area contributed by atoms with Gasteiger partial charge in [-0.25, -0.2) is 0 Å². The standard InChI is InChI=1S/C20H24N2O/c21-13-16-12-19(14-20(18(16)23)8-4-5-9-20)10-11-22(15-19)17-6-2-1-3-7-17/h1-3,6-7,16H,4-5,8-12,14-15H2. The number of para-hydroxylation sites is 1. The number of ketones is 1. The Hall–Kier alpha value is -1.82. The number of hydrogen-bond donors (Lipinski definition) is 0. The molecule has 4 rings (SSSR count). The Bertz CT molecular complexity index is 641. The SMILES string of the molecule is N#CC1CC2(CCN(c3ccccc3)C2)CC2(CCCC2)C1=O. The molecule has 2 aliphatic carbocycles. The van der Waals surface area contributed by atoms with Crippen molar-refractivity contribution in [2.24, 2.45) is 16.7 Å². The molecule has 0 radical (unpaired) electrons. The van der Waals surface area contributed by atoms with Crippen LogP contribution in [0.2, 0.25) is 0 Å². The Labute approximate surface area is 138 Å². The van der Waals surface area contributed by atoms with Crippen LogP contribution in [-0.2, 0) is 4.79 Å². The van der Waals surface area contributed by atoms with Gasteiger partial charge in [-0.3, -0.25) is 4.79 Å². The number of Topliss-reactive ketones (excluding diaryl/α,β-unsaturated/α-hetero) is 1. The summed E-state index contributed by atoms with van der Waals surface area (Å²) in [4.78, 5) is 15.3. The lowest BCUT2D eigenvalue weighted by atomic mass is 9.57. The smallest absolute Gasteiger partial charge is 0.156 e. The van der Waals surface area contributed by atoms with Gasteiger partial charge in [0.2, 0.25) is 0 Å². The summed E-state index contributed by atoms with van der Waals surface area (Å²) in [5.41, 5.74) is 1.26. The van der Waals surface area contributed by atoms with Crippen molar-refractivity contribution < 1.29 is 4.79 Å². The predicted octanol–water partition coefficient (Wildman–Crippen LogP) is 3.95. The molecule has 0 amide bonds. The third-order valence-corrected chi connectivity index (χ3v) is 6.47. The van der Waals surface area contributed by atoms with Crippen LogP contribution in [-0.4, -0.2) is 18.9 Å². The van der Waals surface area contributed by atoms with Gasteiger partial charge < -0.3 is 4.90 Å². The molecular weight excluding hydrogens is 284 g/mol. The molecule has 120 valence electrons. The van der Waals surface area contributed by atoms with Gasteiger partial charge in [-0.2, -0.15) is 5.26 Å². The maximum atomic E-state index is 12.8. The highest BCUT2D eigenvalue weighted by Crippen LogP contribution is 2.57. The Kier molecular flexibility index (Phi) is 3.44. The summed E-state index contributed by atoms with van der Waals surface area (Å²) in [5.74, 6) is -0.112. The highest BCUT2D eigenvalue weighted by Gasteiger charge is 2.56. The highest BCUT2D eigenvalue weighted by atomic mass is 16.1. The third-order valence-electron chi connectivity index (χ3n) is 6.47. The molecule has 3 aliphatic rings. The first-order chi connectivity index (χ1) is 11.2. The Morgan fingerprint density at radius 1 is 1.13 bits per heavy atom. The maximum Gasteiger partial charge on any atom is 0.156 e. The molecule has 1 saturated heterocycles. The van der Waals surface area contributed by atoms with Gasteiger partial charge in [-0.05, 0) is 49.7 Å². The van der Waals surface area contributed by atoms with E-state index in [1.54, 1.807) is 0 Å². The summed E-state index contributed by atoms with van der Waals surface area (Å²) in [6.07, 6.45) is 7.24. The van der Waals surface area contributed by atoms with Crippen molar-refractivity contribution in [3.05, 3.63) is 30.3 Å². The molecule has 1 aromatic carbocycles. The molecule has 0 N–H and O–H groups in total. The monoisotopic (exact) mass is 308 g/mol.